The van der Waals surface area contributed by atoms with E-state index in [1.807, 2.05) is 0 Å². The second-order valence-electron chi connectivity index (χ2n) is 2.65. The molecule has 3 heteroatoms. The van der Waals surface area contributed by atoms with Gasteiger partial charge in [0.2, 0.25) is 0 Å². The summed E-state index contributed by atoms with van der Waals surface area (Å²) in [5.41, 5.74) is 0.137. The fourth-order valence-electron chi connectivity index (χ4n) is 0.550. The highest BCUT2D eigenvalue weighted by molar-refractivity contribution is 5.27. The average Bonchev–Trinajstić information content (AvgIpc) is 2.92. The molecular formula is C9H11NO2. The van der Waals surface area contributed by atoms with Crippen molar-refractivity contribution in [2.45, 2.75) is 19.3 Å². The van der Waals surface area contributed by atoms with Crippen LogP contribution >= 0.6 is 0 Å². The average molecular weight is 165 g/mol. The number of para-hydroxylation sites is 1. The van der Waals surface area contributed by atoms with E-state index in [1.165, 1.54) is 31.4 Å². The van der Waals surface area contributed by atoms with Crippen molar-refractivity contribution in [2.24, 2.45) is 0 Å². The maximum Gasteiger partial charge on any atom is 0.269 e. The first-order valence-corrected chi connectivity index (χ1v) is 4.00. The molecule has 3 nitrogen and oxygen atoms in total. The molecule has 0 saturated heterocycles. The van der Waals surface area contributed by atoms with Gasteiger partial charge in [0.1, 0.15) is 0 Å². The molecule has 0 heterocycles. The van der Waals surface area contributed by atoms with E-state index >= 15 is 0 Å². The monoisotopic (exact) mass is 165 g/mol. The third-order valence-electron chi connectivity index (χ3n) is 1.32. The van der Waals surface area contributed by atoms with Gasteiger partial charge in [0.05, 0.1) is 4.92 Å². The van der Waals surface area contributed by atoms with Gasteiger partial charge in [0.15, 0.2) is 0 Å². The van der Waals surface area contributed by atoms with Crippen molar-refractivity contribution >= 4 is 5.69 Å². The highest BCUT2D eigenvalue weighted by Gasteiger charge is 1.98. The molecule has 0 atom stereocenters. The first-order chi connectivity index (χ1) is 5.80. The van der Waals surface area contributed by atoms with E-state index in [1.54, 1.807) is 18.2 Å². The zero-order valence-electron chi connectivity index (χ0n) is 6.77. The predicted octanol–water partition coefficient (Wildman–Crippen LogP) is 2.77. The van der Waals surface area contributed by atoms with Crippen LogP contribution in [0.4, 0.5) is 5.69 Å². The lowest BCUT2D eigenvalue weighted by atomic mass is 10.3. The van der Waals surface area contributed by atoms with Crippen molar-refractivity contribution in [1.29, 1.82) is 0 Å². The van der Waals surface area contributed by atoms with Gasteiger partial charge in [-0.15, -0.1) is 0 Å². The van der Waals surface area contributed by atoms with Gasteiger partial charge < -0.3 is 0 Å². The van der Waals surface area contributed by atoms with E-state index in [0.717, 1.165) is 0 Å². The third-order valence-corrected chi connectivity index (χ3v) is 1.32. The predicted molar refractivity (Wildman–Crippen MR) is 46.9 cm³/mol. The Morgan fingerprint density at radius 3 is 1.83 bits per heavy atom. The van der Waals surface area contributed by atoms with E-state index in [2.05, 4.69) is 0 Å². The molecule has 0 bridgehead atoms. The molecule has 0 aliphatic heterocycles. The molecule has 1 aromatic carbocycles. The van der Waals surface area contributed by atoms with Crippen LogP contribution in [-0.2, 0) is 0 Å². The van der Waals surface area contributed by atoms with Crippen LogP contribution in [-0.4, -0.2) is 4.92 Å². The van der Waals surface area contributed by atoms with Gasteiger partial charge in [0, 0.05) is 12.1 Å². The van der Waals surface area contributed by atoms with Crippen LogP contribution < -0.4 is 0 Å². The largest absolute Gasteiger partial charge is 0.269 e. The number of hydrogen-bond acceptors (Lipinski definition) is 2. The zero-order valence-corrected chi connectivity index (χ0v) is 6.77. The minimum absolute atomic E-state index is 0.137. The van der Waals surface area contributed by atoms with Gasteiger partial charge in [-0.2, -0.15) is 0 Å². The molecule has 1 saturated carbocycles. The van der Waals surface area contributed by atoms with Crippen molar-refractivity contribution in [1.82, 2.24) is 0 Å². The minimum atomic E-state index is -0.417. The highest BCUT2D eigenvalue weighted by atomic mass is 16.6. The Labute approximate surface area is 71.2 Å². The number of non-ortho nitro benzene ring substituents is 1. The number of nitro benzene ring substituents is 1. The van der Waals surface area contributed by atoms with Crippen LogP contribution in [0.25, 0.3) is 0 Å². The molecule has 0 unspecified atom stereocenters. The molecule has 0 amide bonds. The Hall–Kier alpha value is -1.38. The summed E-state index contributed by atoms with van der Waals surface area (Å²) in [5, 5.41) is 10.0. The smallest absolute Gasteiger partial charge is 0.258 e. The molecule has 1 aromatic rings. The molecule has 64 valence electrons. The molecule has 0 radical (unpaired) electrons. The maximum absolute atomic E-state index is 10.0. The Morgan fingerprint density at radius 1 is 1.08 bits per heavy atom. The van der Waals surface area contributed by atoms with Gasteiger partial charge in [-0.25, -0.2) is 0 Å². The normalized spacial score (nSPS) is 12.7. The highest BCUT2D eigenvalue weighted by Crippen LogP contribution is 2.14. The van der Waals surface area contributed by atoms with E-state index in [9.17, 15) is 10.1 Å². The minimum Gasteiger partial charge on any atom is -0.258 e. The number of hydrogen-bond donors (Lipinski definition) is 0. The van der Waals surface area contributed by atoms with Gasteiger partial charge in [-0.3, -0.25) is 10.1 Å². The summed E-state index contributed by atoms with van der Waals surface area (Å²) < 4.78 is 0. The standard InChI is InChI=1S/C6H5NO2.C3H6/c8-7(9)6-4-2-1-3-5-6;1-2-3-1/h1-5H;1-3H2. The third kappa shape index (κ3) is 3.71. The van der Waals surface area contributed by atoms with Gasteiger partial charge in [0.25, 0.3) is 5.69 Å². The fourth-order valence-corrected chi connectivity index (χ4v) is 0.550. The molecule has 2 rings (SSSR count). The van der Waals surface area contributed by atoms with Crippen molar-refractivity contribution in [3.05, 3.63) is 40.4 Å². The molecule has 0 aromatic heterocycles. The summed E-state index contributed by atoms with van der Waals surface area (Å²) in [6.45, 7) is 0. The Balaban J connectivity index is 0.000000200. The van der Waals surface area contributed by atoms with Gasteiger partial charge >= 0.3 is 0 Å². The van der Waals surface area contributed by atoms with E-state index in [-0.39, 0.29) is 5.69 Å². The van der Waals surface area contributed by atoms with Crippen molar-refractivity contribution < 1.29 is 4.92 Å². The summed E-state index contributed by atoms with van der Waals surface area (Å²) in [5.74, 6) is 0. The lowest BCUT2D eigenvalue weighted by Gasteiger charge is -1.85. The molecule has 0 spiro atoms. The molecular weight excluding hydrogens is 154 g/mol. The van der Waals surface area contributed by atoms with Crippen LogP contribution in [0.2, 0.25) is 0 Å². The lowest BCUT2D eigenvalue weighted by Crippen LogP contribution is -1.84. The summed E-state index contributed by atoms with van der Waals surface area (Å²) in [6.07, 6.45) is 4.50. The van der Waals surface area contributed by atoms with Crippen molar-refractivity contribution in [3.63, 3.8) is 0 Å². The van der Waals surface area contributed by atoms with Gasteiger partial charge in [-0.1, -0.05) is 37.5 Å². The van der Waals surface area contributed by atoms with E-state index in [0.29, 0.717) is 0 Å². The first kappa shape index (κ1) is 8.71. The number of nitro groups is 1. The maximum atomic E-state index is 10.0. The zero-order chi connectivity index (χ0) is 8.81. The summed E-state index contributed by atoms with van der Waals surface area (Å²) >= 11 is 0. The Bertz CT molecular complexity index is 241. The Morgan fingerprint density at radius 2 is 1.58 bits per heavy atom. The second kappa shape index (κ2) is 4.49. The summed E-state index contributed by atoms with van der Waals surface area (Å²) in [7, 11) is 0. The summed E-state index contributed by atoms with van der Waals surface area (Å²) in [4.78, 5) is 9.59. The van der Waals surface area contributed by atoms with Crippen LogP contribution in [0.5, 0.6) is 0 Å². The van der Waals surface area contributed by atoms with Crippen LogP contribution in [0, 0.1) is 10.1 Å². The summed E-state index contributed by atoms with van der Waals surface area (Å²) in [6, 6.07) is 7.93. The SMILES string of the molecule is C1CC1.O=[N+]([O-])c1ccccc1. The quantitative estimate of drug-likeness (QED) is 0.474. The molecule has 12 heavy (non-hydrogen) atoms. The number of rotatable bonds is 1. The Kier molecular flexibility index (Phi) is 3.26. The second-order valence-corrected chi connectivity index (χ2v) is 2.65. The molecule has 1 aliphatic rings. The molecule has 1 fully saturated rings. The van der Waals surface area contributed by atoms with Crippen LogP contribution in [0.1, 0.15) is 19.3 Å². The number of benzene rings is 1. The topological polar surface area (TPSA) is 43.1 Å². The van der Waals surface area contributed by atoms with Crippen LogP contribution in [0.15, 0.2) is 30.3 Å². The van der Waals surface area contributed by atoms with Crippen molar-refractivity contribution in [3.8, 4) is 0 Å². The molecule has 0 N–H and O–H groups in total. The first-order valence-electron chi connectivity index (χ1n) is 4.00. The number of nitrogens with zero attached hydrogens (tertiary/aromatic N) is 1. The van der Waals surface area contributed by atoms with E-state index in [4.69, 9.17) is 0 Å². The molecule has 1 aliphatic carbocycles. The fraction of sp³-hybridized carbons (Fsp3) is 0.333. The lowest BCUT2D eigenvalue weighted by molar-refractivity contribution is -0.384. The van der Waals surface area contributed by atoms with Crippen LogP contribution in [0.3, 0.4) is 0 Å². The van der Waals surface area contributed by atoms with Crippen molar-refractivity contribution in [2.75, 3.05) is 0 Å². The van der Waals surface area contributed by atoms with Gasteiger partial charge in [-0.05, 0) is 0 Å². The van der Waals surface area contributed by atoms with E-state index < -0.39 is 4.92 Å².